The molecule has 1 aliphatic carbocycles. The monoisotopic (exact) mass is 277 g/mol. The number of carbonyl (C=O) groups excluding carboxylic acids is 1. The van der Waals surface area contributed by atoms with E-state index in [0.717, 1.165) is 23.8 Å². The number of benzene rings is 2. The average molecular weight is 277 g/mol. The minimum Gasteiger partial charge on any atom is -0.464 e. The molecule has 1 heterocycles. The molecule has 0 spiro atoms. The predicted octanol–water partition coefficient (Wildman–Crippen LogP) is 3.33. The van der Waals surface area contributed by atoms with E-state index in [0.29, 0.717) is 5.56 Å². The van der Waals surface area contributed by atoms with E-state index in [-0.39, 0.29) is 11.9 Å². The zero-order valence-electron chi connectivity index (χ0n) is 11.5. The molecule has 3 aromatic rings. The number of fused-ring (bicyclic) bond motifs is 2. The second-order valence-corrected chi connectivity index (χ2v) is 5.52. The summed E-state index contributed by atoms with van der Waals surface area (Å²) in [6.45, 7) is 0. The van der Waals surface area contributed by atoms with Crippen LogP contribution < -0.4 is 5.32 Å². The van der Waals surface area contributed by atoms with Crippen molar-refractivity contribution in [2.24, 2.45) is 0 Å². The van der Waals surface area contributed by atoms with Crippen LogP contribution in [0.1, 0.15) is 21.5 Å². The zero-order valence-corrected chi connectivity index (χ0v) is 11.5. The molecule has 104 valence electrons. The fraction of sp³-hybridized carbons (Fsp3) is 0.167. The van der Waals surface area contributed by atoms with E-state index in [9.17, 15) is 4.79 Å². The molecule has 0 aliphatic heterocycles. The van der Waals surface area contributed by atoms with E-state index < -0.39 is 0 Å². The van der Waals surface area contributed by atoms with Gasteiger partial charge >= 0.3 is 0 Å². The minimum atomic E-state index is -0.0177. The summed E-state index contributed by atoms with van der Waals surface area (Å²) in [6, 6.07) is 16.0. The van der Waals surface area contributed by atoms with Gasteiger partial charge in [0.1, 0.15) is 5.58 Å². The summed E-state index contributed by atoms with van der Waals surface area (Å²) in [5.41, 5.74) is 4.17. The Hall–Kier alpha value is -2.55. The smallest absolute Gasteiger partial charge is 0.251 e. The highest BCUT2D eigenvalue weighted by molar-refractivity contribution is 5.97. The Morgan fingerprint density at radius 3 is 2.57 bits per heavy atom. The van der Waals surface area contributed by atoms with Gasteiger partial charge in [-0.05, 0) is 48.2 Å². The Kier molecular flexibility index (Phi) is 2.78. The van der Waals surface area contributed by atoms with Crippen LogP contribution in [0.5, 0.6) is 0 Å². The van der Waals surface area contributed by atoms with Gasteiger partial charge < -0.3 is 9.73 Å². The molecule has 1 aromatic heterocycles. The lowest BCUT2D eigenvalue weighted by Gasteiger charge is -2.12. The summed E-state index contributed by atoms with van der Waals surface area (Å²) < 4.78 is 5.30. The lowest BCUT2D eigenvalue weighted by Crippen LogP contribution is -2.35. The van der Waals surface area contributed by atoms with Gasteiger partial charge in [-0.2, -0.15) is 0 Å². The van der Waals surface area contributed by atoms with Gasteiger partial charge in [0.2, 0.25) is 0 Å². The first-order chi connectivity index (χ1) is 10.3. The van der Waals surface area contributed by atoms with Crippen molar-refractivity contribution in [3.8, 4) is 0 Å². The summed E-state index contributed by atoms with van der Waals surface area (Å²) in [6.07, 6.45) is 3.46. The van der Waals surface area contributed by atoms with Crippen LogP contribution in [0.25, 0.3) is 11.0 Å². The van der Waals surface area contributed by atoms with Gasteiger partial charge in [-0.25, -0.2) is 0 Å². The molecular formula is C18H15NO2. The summed E-state index contributed by atoms with van der Waals surface area (Å²) in [5, 5.41) is 4.09. The van der Waals surface area contributed by atoms with E-state index in [1.165, 1.54) is 11.1 Å². The molecule has 0 fully saturated rings. The first kappa shape index (κ1) is 12.2. The highest BCUT2D eigenvalue weighted by atomic mass is 16.3. The maximum Gasteiger partial charge on any atom is 0.251 e. The second-order valence-electron chi connectivity index (χ2n) is 5.52. The van der Waals surface area contributed by atoms with Gasteiger partial charge in [0.15, 0.2) is 0 Å². The molecule has 1 amide bonds. The molecule has 1 N–H and O–H groups in total. The number of nitrogens with one attached hydrogen (secondary N) is 1. The van der Waals surface area contributed by atoms with Crippen molar-refractivity contribution < 1.29 is 9.21 Å². The standard InChI is InChI=1S/C18H15NO2/c20-18(15-5-6-17-14(9-15)7-8-21-17)19-16-10-12-3-1-2-4-13(12)11-16/h1-9,16H,10-11H2,(H,19,20). The first-order valence-corrected chi connectivity index (χ1v) is 7.14. The minimum absolute atomic E-state index is 0.0177. The topological polar surface area (TPSA) is 42.2 Å². The fourth-order valence-corrected chi connectivity index (χ4v) is 3.04. The third-order valence-electron chi connectivity index (χ3n) is 4.10. The number of amides is 1. The number of rotatable bonds is 2. The van der Waals surface area contributed by atoms with Crippen molar-refractivity contribution >= 4 is 16.9 Å². The quantitative estimate of drug-likeness (QED) is 0.780. The number of hydrogen-bond acceptors (Lipinski definition) is 2. The highest BCUT2D eigenvalue weighted by Gasteiger charge is 2.22. The van der Waals surface area contributed by atoms with Crippen molar-refractivity contribution in [1.82, 2.24) is 5.32 Å². The fourth-order valence-electron chi connectivity index (χ4n) is 3.04. The van der Waals surface area contributed by atoms with Gasteiger partial charge in [0.25, 0.3) is 5.91 Å². The van der Waals surface area contributed by atoms with Crippen molar-refractivity contribution in [3.63, 3.8) is 0 Å². The summed E-state index contributed by atoms with van der Waals surface area (Å²) in [7, 11) is 0. The summed E-state index contributed by atoms with van der Waals surface area (Å²) in [5.74, 6) is -0.0177. The average Bonchev–Trinajstić information content (AvgIpc) is 3.11. The molecule has 0 radical (unpaired) electrons. The normalized spacial score (nSPS) is 14.3. The van der Waals surface area contributed by atoms with Gasteiger partial charge in [0.05, 0.1) is 6.26 Å². The van der Waals surface area contributed by atoms with Gasteiger partial charge in [0, 0.05) is 17.0 Å². The highest BCUT2D eigenvalue weighted by Crippen LogP contribution is 2.22. The molecule has 0 saturated carbocycles. The van der Waals surface area contributed by atoms with Gasteiger partial charge in [-0.15, -0.1) is 0 Å². The maximum atomic E-state index is 12.4. The molecule has 2 aromatic carbocycles. The number of carbonyl (C=O) groups is 1. The van der Waals surface area contributed by atoms with Crippen LogP contribution in [0.15, 0.2) is 59.2 Å². The Morgan fingerprint density at radius 2 is 1.81 bits per heavy atom. The van der Waals surface area contributed by atoms with Crippen LogP contribution in [0.2, 0.25) is 0 Å². The second kappa shape index (κ2) is 4.77. The summed E-state index contributed by atoms with van der Waals surface area (Å²) in [4.78, 5) is 12.4. The predicted molar refractivity (Wildman–Crippen MR) is 81.3 cm³/mol. The molecule has 3 heteroatoms. The lowest BCUT2D eigenvalue weighted by molar-refractivity contribution is 0.0938. The number of furan rings is 1. The third-order valence-corrected chi connectivity index (χ3v) is 4.10. The Morgan fingerprint density at radius 1 is 1.05 bits per heavy atom. The molecular weight excluding hydrogens is 262 g/mol. The Balaban J connectivity index is 1.51. The van der Waals surface area contributed by atoms with E-state index in [4.69, 9.17) is 4.42 Å². The van der Waals surface area contributed by atoms with Crippen molar-refractivity contribution in [1.29, 1.82) is 0 Å². The van der Waals surface area contributed by atoms with Gasteiger partial charge in [-0.3, -0.25) is 4.79 Å². The first-order valence-electron chi connectivity index (χ1n) is 7.14. The largest absolute Gasteiger partial charge is 0.464 e. The van der Waals surface area contributed by atoms with Crippen LogP contribution >= 0.6 is 0 Å². The van der Waals surface area contributed by atoms with E-state index in [1.807, 2.05) is 24.3 Å². The Labute approximate surface area is 122 Å². The number of hydrogen-bond donors (Lipinski definition) is 1. The SMILES string of the molecule is O=C(NC1Cc2ccccc2C1)c1ccc2occc2c1. The maximum absolute atomic E-state index is 12.4. The molecule has 0 atom stereocenters. The third kappa shape index (κ3) is 2.21. The van der Waals surface area contributed by atoms with Crippen LogP contribution in [-0.2, 0) is 12.8 Å². The lowest BCUT2D eigenvalue weighted by atomic mass is 10.1. The van der Waals surface area contributed by atoms with E-state index in [1.54, 1.807) is 6.26 Å². The van der Waals surface area contributed by atoms with Crippen molar-refractivity contribution in [2.45, 2.75) is 18.9 Å². The van der Waals surface area contributed by atoms with Gasteiger partial charge in [-0.1, -0.05) is 24.3 Å². The summed E-state index contributed by atoms with van der Waals surface area (Å²) >= 11 is 0. The zero-order chi connectivity index (χ0) is 14.2. The van der Waals surface area contributed by atoms with Crippen LogP contribution in [0, 0.1) is 0 Å². The molecule has 4 rings (SSSR count). The molecule has 21 heavy (non-hydrogen) atoms. The van der Waals surface area contributed by atoms with Crippen molar-refractivity contribution in [3.05, 3.63) is 71.5 Å². The Bertz CT molecular complexity index is 794. The van der Waals surface area contributed by atoms with Crippen LogP contribution in [-0.4, -0.2) is 11.9 Å². The molecule has 1 aliphatic rings. The molecule has 3 nitrogen and oxygen atoms in total. The van der Waals surface area contributed by atoms with Crippen molar-refractivity contribution in [2.75, 3.05) is 0 Å². The molecule has 0 saturated heterocycles. The van der Waals surface area contributed by atoms with Crippen LogP contribution in [0.3, 0.4) is 0 Å². The molecule has 0 bridgehead atoms. The van der Waals surface area contributed by atoms with Crippen LogP contribution in [0.4, 0.5) is 0 Å². The molecule has 0 unspecified atom stereocenters. The van der Waals surface area contributed by atoms with E-state index in [2.05, 4.69) is 29.6 Å². The van der Waals surface area contributed by atoms with E-state index >= 15 is 0 Å².